The third-order valence-corrected chi connectivity index (χ3v) is 6.45. The first-order chi connectivity index (χ1) is 15.8. The van der Waals surface area contributed by atoms with Gasteiger partial charge in [0.2, 0.25) is 5.17 Å². The number of amidine groups is 1. The molecule has 0 aromatic heterocycles. The molecule has 2 heterocycles. The predicted molar refractivity (Wildman–Crippen MR) is 120 cm³/mol. The van der Waals surface area contributed by atoms with Gasteiger partial charge in [-0.15, -0.1) is 20.4 Å². The van der Waals surface area contributed by atoms with Gasteiger partial charge in [0.1, 0.15) is 16.5 Å². The van der Waals surface area contributed by atoms with E-state index in [0.717, 1.165) is 23.8 Å². The predicted octanol–water partition coefficient (Wildman–Crippen LogP) is 3.43. The first kappa shape index (κ1) is 25.9. The molecule has 10 nitrogen and oxygen atoms in total. The van der Waals surface area contributed by atoms with Crippen molar-refractivity contribution in [3.63, 3.8) is 0 Å². The van der Waals surface area contributed by atoms with Gasteiger partial charge in [-0.05, 0) is 62.3 Å². The average molecular weight is 520 g/mol. The van der Waals surface area contributed by atoms with Gasteiger partial charge in [-0.25, -0.2) is 0 Å². The first-order valence-electron chi connectivity index (χ1n) is 10.2. The Kier molecular flexibility index (Phi) is 7.55. The number of halogens is 3. The molecule has 1 saturated heterocycles. The summed E-state index contributed by atoms with van der Waals surface area (Å²) in [6.07, 6.45) is 3.79. The van der Waals surface area contributed by atoms with E-state index in [9.17, 15) is 26.7 Å². The van der Waals surface area contributed by atoms with Crippen LogP contribution in [0.25, 0.3) is 0 Å². The van der Waals surface area contributed by atoms with Gasteiger partial charge < -0.3 is 14.7 Å². The first-order valence-corrected chi connectivity index (χ1v) is 12.5. The zero-order valence-corrected chi connectivity index (χ0v) is 20.3. The van der Waals surface area contributed by atoms with Gasteiger partial charge in [0.25, 0.3) is 0 Å². The number of alkyl halides is 3. The van der Waals surface area contributed by atoms with E-state index in [4.69, 9.17) is 4.74 Å². The molecule has 0 bridgehead atoms. The second-order valence-electron chi connectivity index (χ2n) is 7.92. The Hall–Kier alpha value is -2.68. The summed E-state index contributed by atoms with van der Waals surface area (Å²) in [7, 11) is -5.82. The molecule has 0 spiro atoms. The number of fused-ring (bicyclic) bond motifs is 1. The van der Waals surface area contributed by atoms with Gasteiger partial charge in [-0.3, -0.25) is 0 Å². The van der Waals surface area contributed by atoms with E-state index >= 15 is 0 Å². The number of likely N-dealkylation sites (tertiary alicyclic amines) is 1. The fourth-order valence-electron chi connectivity index (χ4n) is 3.21. The smallest absolute Gasteiger partial charge is 0.518 e. The average Bonchev–Trinajstić information content (AvgIpc) is 3.19. The van der Waals surface area contributed by atoms with Crippen molar-refractivity contribution in [1.29, 1.82) is 0 Å². The lowest BCUT2D eigenvalue weighted by molar-refractivity contribution is -0.362. The molecule has 3 aliphatic rings. The van der Waals surface area contributed by atoms with E-state index in [2.05, 4.69) is 24.8 Å². The monoisotopic (exact) mass is 519 g/mol. The van der Waals surface area contributed by atoms with Crippen molar-refractivity contribution < 1.29 is 31.4 Å². The number of allylic oxidation sites excluding steroid dienone is 3. The molecule has 2 aliphatic heterocycles. The van der Waals surface area contributed by atoms with E-state index in [1.54, 1.807) is 13.8 Å². The molecule has 186 valence electrons. The van der Waals surface area contributed by atoms with Crippen LogP contribution in [0.2, 0.25) is 0 Å². The van der Waals surface area contributed by atoms with Crippen LogP contribution in [0, 0.1) is 0 Å². The molecule has 0 saturated carbocycles. The molecule has 0 aromatic carbocycles. The van der Waals surface area contributed by atoms with E-state index in [0.29, 0.717) is 18.7 Å². The number of hydrogen-bond donors (Lipinski definition) is 0. The van der Waals surface area contributed by atoms with Crippen molar-refractivity contribution in [3.8, 4) is 0 Å². The molecular formula is C19H22F3N6O4S2-. The molecule has 0 aromatic rings. The maximum absolute atomic E-state index is 13.0. The Bertz CT molecular complexity index is 1160. The number of rotatable bonds is 5. The Labute approximate surface area is 198 Å². The fourth-order valence-corrected chi connectivity index (χ4v) is 4.27. The quantitative estimate of drug-likeness (QED) is 0.311. The van der Waals surface area contributed by atoms with Crippen LogP contribution >= 0.6 is 11.8 Å². The van der Waals surface area contributed by atoms with Crippen LogP contribution in [0.4, 0.5) is 13.2 Å². The molecule has 15 heteroatoms. The van der Waals surface area contributed by atoms with Crippen LogP contribution in [-0.2, 0) is 14.8 Å². The highest BCUT2D eigenvalue weighted by atomic mass is 32.2. The third-order valence-electron chi connectivity index (χ3n) is 4.64. The molecule has 0 atom stereocenters. The molecule has 0 unspecified atom stereocenters. The second kappa shape index (κ2) is 9.90. The molecule has 0 amide bonds. The van der Waals surface area contributed by atoms with Crippen molar-refractivity contribution in [1.82, 2.24) is 4.90 Å². The van der Waals surface area contributed by atoms with Crippen molar-refractivity contribution >= 4 is 38.4 Å². The van der Waals surface area contributed by atoms with E-state index < -0.39 is 27.2 Å². The van der Waals surface area contributed by atoms with Crippen LogP contribution in [0.1, 0.15) is 40.5 Å². The van der Waals surface area contributed by atoms with Crippen LogP contribution in [0.15, 0.2) is 59.2 Å². The van der Waals surface area contributed by atoms with Gasteiger partial charge in [-0.2, -0.15) is 26.0 Å². The second-order valence-corrected chi connectivity index (χ2v) is 10.5. The maximum Gasteiger partial charge on any atom is 0.518 e. The van der Waals surface area contributed by atoms with E-state index in [1.165, 1.54) is 12.2 Å². The van der Waals surface area contributed by atoms with E-state index in [-0.39, 0.29) is 28.1 Å². The Morgan fingerprint density at radius 1 is 1.18 bits per heavy atom. The van der Waals surface area contributed by atoms with Gasteiger partial charge >= 0.3 is 15.5 Å². The highest BCUT2D eigenvalue weighted by Gasteiger charge is 2.46. The van der Waals surface area contributed by atoms with Crippen LogP contribution in [0.3, 0.4) is 0 Å². The number of azo groups is 1. The van der Waals surface area contributed by atoms with Crippen LogP contribution in [-0.4, -0.2) is 54.1 Å². The van der Waals surface area contributed by atoms with Crippen molar-refractivity contribution in [2.24, 2.45) is 24.8 Å². The van der Waals surface area contributed by atoms with Gasteiger partial charge in [0.15, 0.2) is 0 Å². The summed E-state index contributed by atoms with van der Waals surface area (Å²) in [6.45, 7) is 7.83. The minimum atomic E-state index is -5.82. The SMILES string of the molecule is CC(C)O/C([O-])=C1N=N\C(=N/N=C2\C=C3CCCN(C(C)C)C3=C\C2=N\S(=O)(=O)C(F)(F)F)S\1. The topological polar surface area (TPSA) is 131 Å². The van der Waals surface area contributed by atoms with Gasteiger partial charge in [0.05, 0.1) is 5.95 Å². The molecule has 1 aliphatic carbocycles. The zero-order chi connectivity index (χ0) is 25.3. The van der Waals surface area contributed by atoms with E-state index in [1.807, 2.05) is 18.7 Å². The minimum Gasteiger partial charge on any atom is -0.609 e. The molecule has 0 radical (unpaired) electrons. The minimum absolute atomic E-state index is 0.0315. The largest absolute Gasteiger partial charge is 0.609 e. The lowest BCUT2D eigenvalue weighted by atomic mass is 9.91. The number of thioether (sulfide) groups is 1. The summed E-state index contributed by atoms with van der Waals surface area (Å²) < 4.78 is 70.5. The highest BCUT2D eigenvalue weighted by Crippen LogP contribution is 2.33. The lowest BCUT2D eigenvalue weighted by Crippen LogP contribution is -2.37. The molecule has 1 fully saturated rings. The van der Waals surface area contributed by atoms with Gasteiger partial charge in [-0.1, -0.05) is 13.8 Å². The van der Waals surface area contributed by atoms with Crippen LogP contribution < -0.4 is 5.11 Å². The third kappa shape index (κ3) is 5.87. The normalized spacial score (nSPS) is 24.3. The Morgan fingerprint density at radius 2 is 1.88 bits per heavy atom. The molecular weight excluding hydrogens is 497 g/mol. The molecule has 3 rings (SSSR count). The number of nitrogens with zero attached hydrogens (tertiary/aromatic N) is 6. The number of hydrogen-bond acceptors (Lipinski definition) is 9. The lowest BCUT2D eigenvalue weighted by Gasteiger charge is -2.38. The zero-order valence-electron chi connectivity index (χ0n) is 18.7. The highest BCUT2D eigenvalue weighted by molar-refractivity contribution is 8.17. The summed E-state index contributed by atoms with van der Waals surface area (Å²) in [4.78, 5) is 1.95. The van der Waals surface area contributed by atoms with Gasteiger partial charge in [0, 0.05) is 18.3 Å². The Morgan fingerprint density at radius 3 is 2.50 bits per heavy atom. The summed E-state index contributed by atoms with van der Waals surface area (Å²) in [5.41, 5.74) is -4.89. The summed E-state index contributed by atoms with van der Waals surface area (Å²) in [6, 6.07) is 0.0315. The molecule has 34 heavy (non-hydrogen) atoms. The van der Waals surface area contributed by atoms with Crippen molar-refractivity contribution in [2.45, 2.75) is 58.2 Å². The fraction of sp³-hybridized carbons (Fsp3) is 0.526. The standard InChI is InChI=1S/C19H23F3N6O4S2/c1-10(2)28-7-5-6-12-8-13(14(9-15(12)28)27-34(30,31)19(20,21)22)23-25-18-26-24-16(33-18)17(29)32-11(3)4/h8-11,29H,5-7H2,1-4H3/p-1/b17-16+,23-13+,25-18+,27-14-. The molecule has 0 N–H and O–H groups in total. The number of piperidine rings is 1. The van der Waals surface area contributed by atoms with Crippen molar-refractivity contribution in [2.75, 3.05) is 6.54 Å². The summed E-state index contributed by atoms with van der Waals surface area (Å²) >= 11 is 0.764. The number of ether oxygens (including phenoxy) is 1. The summed E-state index contributed by atoms with van der Waals surface area (Å²) in [5.74, 6) is -0.705. The summed E-state index contributed by atoms with van der Waals surface area (Å²) in [5, 5.41) is 26.8. The van der Waals surface area contributed by atoms with Crippen LogP contribution in [0.5, 0.6) is 0 Å². The van der Waals surface area contributed by atoms with Crippen molar-refractivity contribution in [3.05, 3.63) is 34.4 Å². The number of sulfonamides is 1. The maximum atomic E-state index is 13.0. The Balaban J connectivity index is 2.01.